The van der Waals surface area contributed by atoms with Crippen LogP contribution in [0.5, 0.6) is 0 Å². The quantitative estimate of drug-likeness (QED) is 0.797. The molecule has 0 aliphatic rings. The lowest BCUT2D eigenvalue weighted by Crippen LogP contribution is -2.38. The van der Waals surface area contributed by atoms with Crippen LogP contribution < -0.4 is 5.73 Å². The SMILES string of the molecule is CCCN(CCN(C)C)C(=O)c1c(N)cnn1CC. The predicted molar refractivity (Wildman–Crippen MR) is 77.1 cm³/mol. The topological polar surface area (TPSA) is 67.4 Å². The van der Waals surface area contributed by atoms with Crippen molar-refractivity contribution in [1.82, 2.24) is 19.6 Å². The molecule has 0 aromatic carbocycles. The van der Waals surface area contributed by atoms with E-state index >= 15 is 0 Å². The number of nitrogens with two attached hydrogens (primary N) is 1. The van der Waals surface area contributed by atoms with Crippen LogP contribution in [-0.4, -0.2) is 59.2 Å². The molecule has 0 bridgehead atoms. The van der Waals surface area contributed by atoms with Gasteiger partial charge in [-0.15, -0.1) is 0 Å². The fraction of sp³-hybridized carbons (Fsp3) is 0.692. The highest BCUT2D eigenvalue weighted by Gasteiger charge is 2.21. The van der Waals surface area contributed by atoms with Gasteiger partial charge in [0.1, 0.15) is 5.69 Å². The first-order valence-electron chi connectivity index (χ1n) is 6.76. The summed E-state index contributed by atoms with van der Waals surface area (Å²) in [4.78, 5) is 16.5. The number of carbonyl (C=O) groups is 1. The number of anilines is 1. The second kappa shape index (κ2) is 7.13. The Morgan fingerprint density at radius 2 is 2.00 bits per heavy atom. The minimum Gasteiger partial charge on any atom is -0.396 e. The molecule has 0 aliphatic carbocycles. The van der Waals surface area contributed by atoms with Gasteiger partial charge in [-0.25, -0.2) is 0 Å². The van der Waals surface area contributed by atoms with E-state index in [0.29, 0.717) is 24.5 Å². The number of hydrogen-bond acceptors (Lipinski definition) is 4. The van der Waals surface area contributed by atoms with Crippen LogP contribution in [-0.2, 0) is 6.54 Å². The van der Waals surface area contributed by atoms with E-state index in [0.717, 1.165) is 19.5 Å². The average Bonchev–Trinajstić information content (AvgIpc) is 2.74. The van der Waals surface area contributed by atoms with Crippen LogP contribution in [0.15, 0.2) is 6.20 Å². The fourth-order valence-corrected chi connectivity index (χ4v) is 1.93. The Bertz CT molecular complexity index is 413. The molecule has 0 saturated carbocycles. The lowest BCUT2D eigenvalue weighted by atomic mass is 10.3. The summed E-state index contributed by atoms with van der Waals surface area (Å²) in [5.74, 6) is -0.0273. The van der Waals surface area contributed by atoms with Gasteiger partial charge in [0, 0.05) is 26.2 Å². The summed E-state index contributed by atoms with van der Waals surface area (Å²) in [7, 11) is 4.00. The third-order valence-electron chi connectivity index (χ3n) is 2.97. The number of aryl methyl sites for hydroxylation is 1. The Morgan fingerprint density at radius 1 is 1.32 bits per heavy atom. The van der Waals surface area contributed by atoms with Gasteiger partial charge in [0.25, 0.3) is 5.91 Å². The van der Waals surface area contributed by atoms with Crippen molar-refractivity contribution in [2.24, 2.45) is 0 Å². The van der Waals surface area contributed by atoms with Crippen LogP contribution in [0.4, 0.5) is 5.69 Å². The van der Waals surface area contributed by atoms with Crippen molar-refractivity contribution >= 4 is 11.6 Å². The van der Waals surface area contributed by atoms with Crippen LogP contribution in [0, 0.1) is 0 Å². The summed E-state index contributed by atoms with van der Waals surface area (Å²) in [5, 5.41) is 4.13. The van der Waals surface area contributed by atoms with Crippen molar-refractivity contribution in [3.05, 3.63) is 11.9 Å². The maximum Gasteiger partial charge on any atom is 0.274 e. The summed E-state index contributed by atoms with van der Waals surface area (Å²) in [5.41, 5.74) is 6.83. The number of hydrogen-bond donors (Lipinski definition) is 1. The number of carbonyl (C=O) groups excluding carboxylic acids is 1. The van der Waals surface area contributed by atoms with Crippen molar-refractivity contribution in [3.63, 3.8) is 0 Å². The Labute approximate surface area is 115 Å². The molecule has 0 atom stereocenters. The number of likely N-dealkylation sites (N-methyl/N-ethyl adjacent to an activating group) is 1. The van der Waals surface area contributed by atoms with Gasteiger partial charge in [-0.3, -0.25) is 9.48 Å². The van der Waals surface area contributed by atoms with Gasteiger partial charge in [0.2, 0.25) is 0 Å². The van der Waals surface area contributed by atoms with E-state index in [1.807, 2.05) is 25.9 Å². The molecule has 1 rings (SSSR count). The summed E-state index contributed by atoms with van der Waals surface area (Å²) in [6.45, 7) is 6.94. The van der Waals surface area contributed by atoms with Crippen LogP contribution in [0.25, 0.3) is 0 Å². The zero-order valence-electron chi connectivity index (χ0n) is 12.4. The minimum absolute atomic E-state index is 0.0273. The monoisotopic (exact) mass is 267 g/mol. The smallest absolute Gasteiger partial charge is 0.274 e. The summed E-state index contributed by atoms with van der Waals surface area (Å²) >= 11 is 0. The van der Waals surface area contributed by atoms with Gasteiger partial charge in [-0.2, -0.15) is 5.10 Å². The van der Waals surface area contributed by atoms with E-state index in [9.17, 15) is 4.79 Å². The molecule has 0 saturated heterocycles. The molecule has 0 spiro atoms. The largest absolute Gasteiger partial charge is 0.396 e. The molecule has 2 N–H and O–H groups in total. The molecule has 108 valence electrons. The molecule has 1 heterocycles. The molecule has 0 unspecified atom stereocenters. The summed E-state index contributed by atoms with van der Waals surface area (Å²) < 4.78 is 1.66. The Balaban J connectivity index is 2.88. The van der Waals surface area contributed by atoms with E-state index in [2.05, 4.69) is 16.9 Å². The number of amides is 1. The molecule has 1 amide bonds. The highest BCUT2D eigenvalue weighted by Crippen LogP contribution is 2.14. The fourth-order valence-electron chi connectivity index (χ4n) is 1.93. The Hall–Kier alpha value is -1.56. The minimum atomic E-state index is -0.0273. The van der Waals surface area contributed by atoms with Crippen molar-refractivity contribution in [1.29, 1.82) is 0 Å². The Morgan fingerprint density at radius 3 is 2.53 bits per heavy atom. The highest BCUT2D eigenvalue weighted by molar-refractivity contribution is 5.97. The third-order valence-corrected chi connectivity index (χ3v) is 2.97. The molecule has 1 aromatic heterocycles. The lowest BCUT2D eigenvalue weighted by Gasteiger charge is -2.24. The number of nitrogens with zero attached hydrogens (tertiary/aromatic N) is 4. The molecule has 19 heavy (non-hydrogen) atoms. The van der Waals surface area contributed by atoms with Crippen LogP contribution >= 0.6 is 0 Å². The van der Waals surface area contributed by atoms with E-state index in [1.54, 1.807) is 10.9 Å². The van der Waals surface area contributed by atoms with Crippen molar-refractivity contribution in [2.75, 3.05) is 39.5 Å². The zero-order chi connectivity index (χ0) is 14.4. The van der Waals surface area contributed by atoms with Crippen molar-refractivity contribution in [2.45, 2.75) is 26.8 Å². The molecule has 1 aromatic rings. The van der Waals surface area contributed by atoms with Gasteiger partial charge in [0.15, 0.2) is 0 Å². The van der Waals surface area contributed by atoms with E-state index in [1.165, 1.54) is 0 Å². The molecule has 0 radical (unpaired) electrons. The van der Waals surface area contributed by atoms with Crippen molar-refractivity contribution in [3.8, 4) is 0 Å². The Kier molecular flexibility index (Phi) is 5.82. The van der Waals surface area contributed by atoms with E-state index < -0.39 is 0 Å². The second-order valence-corrected chi connectivity index (χ2v) is 4.86. The standard InChI is InChI=1S/C13H25N5O/c1-5-7-17(9-8-16(3)4)13(19)12-11(14)10-15-18(12)6-2/h10H,5-9,14H2,1-4H3. The third kappa shape index (κ3) is 3.96. The predicted octanol–water partition coefficient (Wildman–Crippen LogP) is 0.899. The number of aromatic nitrogens is 2. The molecule has 6 heteroatoms. The van der Waals surface area contributed by atoms with Crippen LogP contribution in [0.1, 0.15) is 30.8 Å². The van der Waals surface area contributed by atoms with Crippen LogP contribution in [0.2, 0.25) is 0 Å². The molecular weight excluding hydrogens is 242 g/mol. The molecule has 6 nitrogen and oxygen atoms in total. The van der Waals surface area contributed by atoms with E-state index in [4.69, 9.17) is 5.73 Å². The van der Waals surface area contributed by atoms with E-state index in [-0.39, 0.29) is 5.91 Å². The maximum absolute atomic E-state index is 12.6. The first-order chi connectivity index (χ1) is 9.01. The maximum atomic E-state index is 12.6. The summed E-state index contributed by atoms with van der Waals surface area (Å²) in [6, 6.07) is 0. The van der Waals surface area contributed by atoms with Gasteiger partial charge >= 0.3 is 0 Å². The highest BCUT2D eigenvalue weighted by atomic mass is 16.2. The van der Waals surface area contributed by atoms with Gasteiger partial charge in [-0.05, 0) is 27.4 Å². The molecule has 0 fully saturated rings. The molecular formula is C13H25N5O. The normalized spacial score (nSPS) is 11.0. The first kappa shape index (κ1) is 15.5. The van der Waals surface area contributed by atoms with Gasteiger partial charge in [-0.1, -0.05) is 6.92 Å². The van der Waals surface area contributed by atoms with Gasteiger partial charge in [0.05, 0.1) is 11.9 Å². The summed E-state index contributed by atoms with van der Waals surface area (Å²) in [6.07, 6.45) is 2.48. The number of nitrogen functional groups attached to an aromatic ring is 1. The van der Waals surface area contributed by atoms with Gasteiger partial charge < -0.3 is 15.5 Å². The van der Waals surface area contributed by atoms with Crippen molar-refractivity contribution < 1.29 is 4.79 Å². The van der Waals surface area contributed by atoms with Crippen LogP contribution in [0.3, 0.4) is 0 Å². The lowest BCUT2D eigenvalue weighted by molar-refractivity contribution is 0.0733. The second-order valence-electron chi connectivity index (χ2n) is 4.86. The zero-order valence-corrected chi connectivity index (χ0v) is 12.4. The first-order valence-corrected chi connectivity index (χ1v) is 6.76. The average molecular weight is 267 g/mol. The molecule has 0 aliphatic heterocycles. The number of rotatable bonds is 7.